The first kappa shape index (κ1) is 12.6. The lowest BCUT2D eigenvalue weighted by Crippen LogP contribution is -2.12. The van der Waals surface area contributed by atoms with Crippen LogP contribution < -0.4 is 5.32 Å². The first-order chi connectivity index (χ1) is 9.72. The Morgan fingerprint density at radius 1 is 1.40 bits per heavy atom. The second kappa shape index (κ2) is 5.30. The highest BCUT2D eigenvalue weighted by Gasteiger charge is 2.08. The van der Waals surface area contributed by atoms with Crippen LogP contribution in [0.5, 0.6) is 0 Å². The van der Waals surface area contributed by atoms with Crippen molar-refractivity contribution in [2.24, 2.45) is 0 Å². The van der Waals surface area contributed by atoms with E-state index in [1.54, 1.807) is 47.7 Å². The number of hydrogen-bond acceptors (Lipinski definition) is 3. The van der Waals surface area contributed by atoms with Crippen molar-refractivity contribution < 1.29 is 4.79 Å². The Balaban J connectivity index is 1.74. The molecule has 0 atom stereocenters. The highest BCUT2D eigenvalue weighted by atomic mass is 79.9. The second-order valence-corrected chi connectivity index (χ2v) is 4.96. The molecule has 3 aromatic heterocycles. The molecule has 3 rings (SSSR count). The van der Waals surface area contributed by atoms with Crippen molar-refractivity contribution in [2.45, 2.75) is 0 Å². The summed E-state index contributed by atoms with van der Waals surface area (Å²) in [4.78, 5) is 19.0. The largest absolute Gasteiger partial charge is 0.356 e. The van der Waals surface area contributed by atoms with E-state index in [9.17, 15) is 4.79 Å². The minimum absolute atomic E-state index is 0.218. The number of pyridine rings is 1. The molecule has 0 saturated carbocycles. The van der Waals surface area contributed by atoms with Gasteiger partial charge in [-0.2, -0.15) is 5.10 Å². The number of halogens is 1. The lowest BCUT2D eigenvalue weighted by atomic mass is 10.3. The zero-order valence-corrected chi connectivity index (χ0v) is 11.8. The van der Waals surface area contributed by atoms with E-state index in [1.165, 1.54) is 0 Å². The topological polar surface area (TPSA) is 75.6 Å². The zero-order valence-electron chi connectivity index (χ0n) is 10.2. The standard InChI is InChI=1S/C13H10BrN5O/c14-9-6-11(15-7-9)13(20)18-10-2-3-12(16-8-10)19-5-1-4-17-19/h1-8,15H,(H,18,20). The summed E-state index contributed by atoms with van der Waals surface area (Å²) in [7, 11) is 0. The molecule has 20 heavy (non-hydrogen) atoms. The van der Waals surface area contributed by atoms with Crippen LogP contribution in [0.1, 0.15) is 10.5 Å². The summed E-state index contributed by atoms with van der Waals surface area (Å²) in [6, 6.07) is 7.09. The molecule has 100 valence electrons. The fraction of sp³-hybridized carbons (Fsp3) is 0. The van der Waals surface area contributed by atoms with Gasteiger partial charge in [0.25, 0.3) is 5.91 Å². The maximum absolute atomic E-state index is 11.9. The molecular formula is C13H10BrN5O. The summed E-state index contributed by atoms with van der Waals surface area (Å²) in [5.74, 6) is 0.472. The summed E-state index contributed by atoms with van der Waals surface area (Å²) in [6.07, 6.45) is 6.78. The molecule has 0 unspecified atom stereocenters. The molecule has 3 aromatic rings. The van der Waals surface area contributed by atoms with E-state index in [0.717, 1.165) is 4.47 Å². The van der Waals surface area contributed by atoms with Gasteiger partial charge in [0.1, 0.15) is 5.69 Å². The quantitative estimate of drug-likeness (QED) is 0.774. The van der Waals surface area contributed by atoms with Crippen LogP contribution in [-0.2, 0) is 0 Å². The molecule has 0 bridgehead atoms. The molecule has 6 nitrogen and oxygen atoms in total. The highest BCUT2D eigenvalue weighted by Crippen LogP contribution is 2.13. The zero-order chi connectivity index (χ0) is 13.9. The van der Waals surface area contributed by atoms with Gasteiger partial charge in [-0.15, -0.1) is 0 Å². The minimum Gasteiger partial charge on any atom is -0.356 e. The number of aromatic nitrogens is 4. The summed E-state index contributed by atoms with van der Waals surface area (Å²) in [6.45, 7) is 0. The van der Waals surface area contributed by atoms with Crippen LogP contribution in [0.25, 0.3) is 5.82 Å². The molecule has 0 spiro atoms. The third-order valence-corrected chi connectivity index (χ3v) is 3.10. The number of rotatable bonds is 3. The Kier molecular flexibility index (Phi) is 3.34. The van der Waals surface area contributed by atoms with Gasteiger partial charge in [0.05, 0.1) is 11.9 Å². The molecule has 0 fully saturated rings. The van der Waals surface area contributed by atoms with Crippen molar-refractivity contribution in [3.8, 4) is 5.82 Å². The van der Waals surface area contributed by atoms with E-state index in [0.29, 0.717) is 17.2 Å². The van der Waals surface area contributed by atoms with Crippen LogP contribution in [0.2, 0.25) is 0 Å². The minimum atomic E-state index is -0.218. The summed E-state index contributed by atoms with van der Waals surface area (Å²) in [5.41, 5.74) is 1.10. The number of aromatic amines is 1. The number of amides is 1. The molecule has 0 aliphatic heterocycles. The Morgan fingerprint density at radius 3 is 2.90 bits per heavy atom. The molecule has 7 heteroatoms. The average molecular weight is 332 g/mol. The predicted octanol–water partition coefficient (Wildman–Crippen LogP) is 2.61. The van der Waals surface area contributed by atoms with Crippen molar-refractivity contribution in [3.05, 3.63) is 59.2 Å². The van der Waals surface area contributed by atoms with Crippen LogP contribution in [-0.4, -0.2) is 25.7 Å². The number of hydrogen-bond donors (Lipinski definition) is 2. The monoisotopic (exact) mass is 331 g/mol. The maximum atomic E-state index is 11.9. The number of carbonyl (C=O) groups is 1. The van der Waals surface area contributed by atoms with Gasteiger partial charge in [-0.25, -0.2) is 9.67 Å². The molecule has 0 saturated heterocycles. The number of anilines is 1. The number of nitrogens with one attached hydrogen (secondary N) is 2. The van der Waals surface area contributed by atoms with Gasteiger partial charge in [-0.3, -0.25) is 4.79 Å². The molecule has 1 amide bonds. The second-order valence-electron chi connectivity index (χ2n) is 4.04. The normalized spacial score (nSPS) is 10.4. The number of H-pyrrole nitrogens is 1. The lowest BCUT2D eigenvalue weighted by Gasteiger charge is -2.05. The fourth-order valence-corrected chi connectivity index (χ4v) is 2.04. The molecule has 0 aliphatic carbocycles. The van der Waals surface area contributed by atoms with Gasteiger partial charge in [-0.1, -0.05) is 0 Å². The number of nitrogens with zero attached hydrogens (tertiary/aromatic N) is 3. The highest BCUT2D eigenvalue weighted by molar-refractivity contribution is 9.10. The van der Waals surface area contributed by atoms with Gasteiger partial charge in [0.15, 0.2) is 5.82 Å². The first-order valence-corrected chi connectivity index (χ1v) is 6.63. The molecule has 2 N–H and O–H groups in total. The van der Waals surface area contributed by atoms with Gasteiger partial charge < -0.3 is 10.3 Å². The third-order valence-electron chi connectivity index (χ3n) is 2.64. The third kappa shape index (κ3) is 2.62. The Bertz CT molecular complexity index is 718. The van der Waals surface area contributed by atoms with Crippen molar-refractivity contribution in [1.29, 1.82) is 0 Å². The molecule has 0 aliphatic rings. The Labute approximate surface area is 123 Å². The lowest BCUT2D eigenvalue weighted by molar-refractivity contribution is 0.102. The van der Waals surface area contributed by atoms with E-state index in [-0.39, 0.29) is 5.91 Å². The van der Waals surface area contributed by atoms with Crippen molar-refractivity contribution >= 4 is 27.5 Å². The predicted molar refractivity (Wildman–Crippen MR) is 77.8 cm³/mol. The maximum Gasteiger partial charge on any atom is 0.272 e. The van der Waals surface area contributed by atoms with Crippen molar-refractivity contribution in [1.82, 2.24) is 19.7 Å². The molecule has 0 radical (unpaired) electrons. The van der Waals surface area contributed by atoms with Gasteiger partial charge in [0.2, 0.25) is 0 Å². The summed E-state index contributed by atoms with van der Waals surface area (Å²) < 4.78 is 2.48. The van der Waals surface area contributed by atoms with E-state index in [1.807, 2.05) is 6.07 Å². The van der Waals surface area contributed by atoms with E-state index < -0.39 is 0 Å². The van der Waals surface area contributed by atoms with Crippen LogP contribution >= 0.6 is 15.9 Å². The number of carbonyl (C=O) groups excluding carboxylic acids is 1. The van der Waals surface area contributed by atoms with E-state index in [2.05, 4.69) is 36.3 Å². The van der Waals surface area contributed by atoms with Crippen LogP contribution in [0.15, 0.2) is 53.5 Å². The molecule has 0 aromatic carbocycles. The Hall–Kier alpha value is -2.41. The average Bonchev–Trinajstić information content (AvgIpc) is 3.10. The van der Waals surface area contributed by atoms with E-state index in [4.69, 9.17) is 0 Å². The van der Waals surface area contributed by atoms with Gasteiger partial charge in [-0.05, 0) is 40.2 Å². The molecular weight excluding hydrogens is 322 g/mol. The van der Waals surface area contributed by atoms with Crippen LogP contribution in [0.3, 0.4) is 0 Å². The molecule has 3 heterocycles. The van der Waals surface area contributed by atoms with E-state index >= 15 is 0 Å². The smallest absolute Gasteiger partial charge is 0.272 e. The van der Waals surface area contributed by atoms with Gasteiger partial charge in [0, 0.05) is 23.1 Å². The van der Waals surface area contributed by atoms with Crippen molar-refractivity contribution in [2.75, 3.05) is 5.32 Å². The van der Waals surface area contributed by atoms with Gasteiger partial charge >= 0.3 is 0 Å². The first-order valence-electron chi connectivity index (χ1n) is 5.84. The van der Waals surface area contributed by atoms with Crippen LogP contribution in [0, 0.1) is 0 Å². The SMILES string of the molecule is O=C(Nc1ccc(-n2cccn2)nc1)c1cc(Br)c[nH]1. The summed E-state index contributed by atoms with van der Waals surface area (Å²) >= 11 is 3.28. The Morgan fingerprint density at radius 2 is 2.30 bits per heavy atom. The fourth-order valence-electron chi connectivity index (χ4n) is 1.70. The van der Waals surface area contributed by atoms with Crippen LogP contribution in [0.4, 0.5) is 5.69 Å². The van der Waals surface area contributed by atoms with Crippen molar-refractivity contribution in [3.63, 3.8) is 0 Å². The summed E-state index contributed by atoms with van der Waals surface area (Å²) in [5, 5.41) is 6.84.